The summed E-state index contributed by atoms with van der Waals surface area (Å²) in [5.41, 5.74) is 1.39. The van der Waals surface area contributed by atoms with E-state index in [2.05, 4.69) is 25.1 Å². The minimum Gasteiger partial charge on any atom is -0.497 e. The quantitative estimate of drug-likeness (QED) is 0.623. The van der Waals surface area contributed by atoms with Gasteiger partial charge < -0.3 is 4.74 Å². The van der Waals surface area contributed by atoms with Crippen LogP contribution in [0.1, 0.15) is 38.2 Å². The van der Waals surface area contributed by atoms with E-state index in [0.29, 0.717) is 0 Å². The molecule has 1 rings (SSSR count). The van der Waals surface area contributed by atoms with E-state index in [1.165, 1.54) is 37.7 Å². The minimum absolute atomic E-state index is 0.970. The van der Waals surface area contributed by atoms with E-state index in [9.17, 15) is 0 Å². The van der Waals surface area contributed by atoms with E-state index in [-0.39, 0.29) is 0 Å². The van der Waals surface area contributed by atoms with Gasteiger partial charge in [0.25, 0.3) is 0 Å². The fraction of sp³-hybridized carbons (Fsp3) is 0.538. The molecule has 0 aromatic heterocycles. The van der Waals surface area contributed by atoms with Gasteiger partial charge in [0.05, 0.1) is 7.11 Å². The van der Waals surface area contributed by atoms with Gasteiger partial charge in [-0.25, -0.2) is 0 Å². The zero-order chi connectivity index (χ0) is 10.2. The molecule has 0 amide bonds. The highest BCUT2D eigenvalue weighted by atomic mass is 16.5. The second-order valence-electron chi connectivity index (χ2n) is 3.66. The van der Waals surface area contributed by atoms with Crippen LogP contribution in [0.5, 0.6) is 5.75 Å². The summed E-state index contributed by atoms with van der Waals surface area (Å²) in [6.07, 6.45) is 6.47. The summed E-state index contributed by atoms with van der Waals surface area (Å²) in [5.74, 6) is 0.970. The Morgan fingerprint density at radius 1 is 1.14 bits per heavy atom. The molecule has 0 spiro atoms. The van der Waals surface area contributed by atoms with Gasteiger partial charge in [-0.1, -0.05) is 38.3 Å². The predicted molar refractivity (Wildman–Crippen MR) is 60.8 cm³/mol. The monoisotopic (exact) mass is 192 g/mol. The lowest BCUT2D eigenvalue weighted by Gasteiger charge is -2.03. The van der Waals surface area contributed by atoms with E-state index in [1.54, 1.807) is 7.11 Å². The third kappa shape index (κ3) is 3.82. The summed E-state index contributed by atoms with van der Waals surface area (Å²) in [7, 11) is 1.72. The van der Waals surface area contributed by atoms with Crippen LogP contribution < -0.4 is 4.74 Å². The van der Waals surface area contributed by atoms with Crippen molar-refractivity contribution in [3.05, 3.63) is 29.8 Å². The van der Waals surface area contributed by atoms with Crippen LogP contribution in [0.4, 0.5) is 0 Å². The molecular formula is C13H20O. The number of aryl methyl sites for hydroxylation is 1. The standard InChI is InChI=1S/C13H20O/c1-3-4-5-6-8-12-9-7-10-13(11-12)14-2/h7,9-11H,3-6,8H2,1-2H3. The average molecular weight is 192 g/mol. The van der Waals surface area contributed by atoms with Crippen LogP contribution in [0, 0.1) is 0 Å². The van der Waals surface area contributed by atoms with Crippen molar-refractivity contribution in [1.29, 1.82) is 0 Å². The van der Waals surface area contributed by atoms with Crippen LogP contribution >= 0.6 is 0 Å². The first-order valence-corrected chi connectivity index (χ1v) is 5.49. The van der Waals surface area contributed by atoms with Crippen LogP contribution in [0.2, 0.25) is 0 Å². The maximum absolute atomic E-state index is 5.18. The van der Waals surface area contributed by atoms with Crippen LogP contribution in [0.25, 0.3) is 0 Å². The zero-order valence-corrected chi connectivity index (χ0v) is 9.25. The molecular weight excluding hydrogens is 172 g/mol. The lowest BCUT2D eigenvalue weighted by atomic mass is 10.1. The first kappa shape index (κ1) is 11.1. The third-order valence-electron chi connectivity index (χ3n) is 2.45. The molecule has 1 aromatic carbocycles. The number of methoxy groups -OCH3 is 1. The molecule has 0 aliphatic heterocycles. The van der Waals surface area contributed by atoms with Gasteiger partial charge in [-0.15, -0.1) is 0 Å². The molecule has 0 aliphatic rings. The number of ether oxygens (including phenoxy) is 1. The van der Waals surface area contributed by atoms with Crippen molar-refractivity contribution >= 4 is 0 Å². The number of hydrogen-bond donors (Lipinski definition) is 0. The number of rotatable bonds is 6. The van der Waals surface area contributed by atoms with E-state index < -0.39 is 0 Å². The Labute approximate surface area is 87.1 Å². The Kier molecular flexibility index (Phi) is 5.13. The van der Waals surface area contributed by atoms with Gasteiger partial charge in [0, 0.05) is 0 Å². The summed E-state index contributed by atoms with van der Waals surface area (Å²) < 4.78 is 5.18. The van der Waals surface area contributed by atoms with E-state index in [0.717, 1.165) is 5.75 Å². The largest absolute Gasteiger partial charge is 0.497 e. The molecule has 0 fully saturated rings. The van der Waals surface area contributed by atoms with Crippen LogP contribution in [0.15, 0.2) is 24.3 Å². The van der Waals surface area contributed by atoms with E-state index in [1.807, 2.05) is 6.07 Å². The van der Waals surface area contributed by atoms with Gasteiger partial charge in [0.1, 0.15) is 5.75 Å². The van der Waals surface area contributed by atoms with Crippen molar-refractivity contribution in [1.82, 2.24) is 0 Å². The lowest BCUT2D eigenvalue weighted by molar-refractivity contribution is 0.414. The molecule has 1 nitrogen and oxygen atoms in total. The molecule has 1 aromatic rings. The SMILES string of the molecule is CCCCCCc1cccc(OC)c1. The highest BCUT2D eigenvalue weighted by Gasteiger charge is 1.95. The predicted octanol–water partition coefficient (Wildman–Crippen LogP) is 3.82. The fourth-order valence-electron chi connectivity index (χ4n) is 1.58. The summed E-state index contributed by atoms with van der Waals surface area (Å²) in [6.45, 7) is 2.24. The summed E-state index contributed by atoms with van der Waals surface area (Å²) in [5, 5.41) is 0. The Morgan fingerprint density at radius 2 is 2.00 bits per heavy atom. The maximum Gasteiger partial charge on any atom is 0.119 e. The normalized spacial score (nSPS) is 10.1. The second-order valence-corrected chi connectivity index (χ2v) is 3.66. The number of benzene rings is 1. The zero-order valence-electron chi connectivity index (χ0n) is 9.25. The number of unbranched alkanes of at least 4 members (excludes halogenated alkanes) is 3. The Bertz CT molecular complexity index is 255. The van der Waals surface area contributed by atoms with Gasteiger partial charge in [-0.05, 0) is 30.5 Å². The van der Waals surface area contributed by atoms with Crippen LogP contribution in [-0.4, -0.2) is 7.11 Å². The Balaban J connectivity index is 2.34. The molecule has 0 saturated carbocycles. The Morgan fingerprint density at radius 3 is 2.71 bits per heavy atom. The van der Waals surface area contributed by atoms with Gasteiger partial charge in [-0.3, -0.25) is 0 Å². The van der Waals surface area contributed by atoms with Crippen molar-refractivity contribution in [3.63, 3.8) is 0 Å². The van der Waals surface area contributed by atoms with Gasteiger partial charge in [0.15, 0.2) is 0 Å². The van der Waals surface area contributed by atoms with Gasteiger partial charge in [-0.2, -0.15) is 0 Å². The highest BCUT2D eigenvalue weighted by molar-refractivity contribution is 5.28. The molecule has 0 N–H and O–H groups in total. The van der Waals surface area contributed by atoms with Crippen molar-refractivity contribution < 1.29 is 4.74 Å². The third-order valence-corrected chi connectivity index (χ3v) is 2.45. The molecule has 0 aliphatic carbocycles. The lowest BCUT2D eigenvalue weighted by Crippen LogP contribution is -1.88. The maximum atomic E-state index is 5.18. The topological polar surface area (TPSA) is 9.23 Å². The summed E-state index contributed by atoms with van der Waals surface area (Å²) in [6, 6.07) is 8.37. The fourth-order valence-corrected chi connectivity index (χ4v) is 1.58. The first-order chi connectivity index (χ1) is 6.86. The van der Waals surface area contributed by atoms with Gasteiger partial charge in [0.2, 0.25) is 0 Å². The Hall–Kier alpha value is -0.980. The molecule has 78 valence electrons. The summed E-state index contributed by atoms with van der Waals surface area (Å²) in [4.78, 5) is 0. The molecule has 0 unspecified atom stereocenters. The molecule has 14 heavy (non-hydrogen) atoms. The molecule has 0 bridgehead atoms. The summed E-state index contributed by atoms with van der Waals surface area (Å²) >= 11 is 0. The molecule has 0 radical (unpaired) electrons. The van der Waals surface area contributed by atoms with E-state index >= 15 is 0 Å². The smallest absolute Gasteiger partial charge is 0.119 e. The van der Waals surface area contributed by atoms with Crippen molar-refractivity contribution in [2.24, 2.45) is 0 Å². The first-order valence-electron chi connectivity index (χ1n) is 5.49. The minimum atomic E-state index is 0.970. The van der Waals surface area contributed by atoms with Crippen molar-refractivity contribution in [2.75, 3.05) is 7.11 Å². The highest BCUT2D eigenvalue weighted by Crippen LogP contribution is 2.15. The van der Waals surface area contributed by atoms with Crippen molar-refractivity contribution in [2.45, 2.75) is 39.0 Å². The second kappa shape index (κ2) is 6.47. The molecule has 0 heterocycles. The van der Waals surface area contributed by atoms with Crippen LogP contribution in [-0.2, 0) is 6.42 Å². The van der Waals surface area contributed by atoms with E-state index in [4.69, 9.17) is 4.74 Å². The van der Waals surface area contributed by atoms with Gasteiger partial charge >= 0.3 is 0 Å². The molecule has 0 atom stereocenters. The molecule has 1 heteroatoms. The molecule has 0 saturated heterocycles. The van der Waals surface area contributed by atoms with Crippen LogP contribution in [0.3, 0.4) is 0 Å². The van der Waals surface area contributed by atoms with Crippen molar-refractivity contribution in [3.8, 4) is 5.75 Å². The average Bonchev–Trinajstić information content (AvgIpc) is 2.25. The number of hydrogen-bond acceptors (Lipinski definition) is 1.